The van der Waals surface area contributed by atoms with Gasteiger partial charge in [0.2, 0.25) is 0 Å². The number of hydrogen-bond donors (Lipinski definition) is 0. The number of benzene rings is 7. The molecule has 2 aliphatic heterocycles. The second kappa shape index (κ2) is 10.7. The number of hydrogen-bond acceptors (Lipinski definition) is 2. The predicted octanol–water partition coefficient (Wildman–Crippen LogP) is 13.0. The highest BCUT2D eigenvalue weighted by molar-refractivity contribution is 6.10. The molecule has 2 aliphatic rings. The van der Waals surface area contributed by atoms with Crippen LogP contribution in [0.5, 0.6) is 0 Å². The van der Waals surface area contributed by atoms with Crippen LogP contribution in [-0.2, 0) is 10.8 Å². The highest BCUT2D eigenvalue weighted by atomic mass is 15.2. The fourth-order valence-electron chi connectivity index (χ4n) is 9.05. The predicted molar refractivity (Wildman–Crippen MR) is 214 cm³/mol. The third-order valence-electron chi connectivity index (χ3n) is 11.5. The molecular weight excluding hydrogens is 619 g/mol. The molecule has 0 amide bonds. The van der Waals surface area contributed by atoms with Gasteiger partial charge in [-0.05, 0) is 76.9 Å². The van der Waals surface area contributed by atoms with E-state index in [-0.39, 0.29) is 10.8 Å². The molecule has 8 aromatic rings. The van der Waals surface area contributed by atoms with Crippen LogP contribution in [0.4, 0.5) is 34.1 Å². The molecule has 51 heavy (non-hydrogen) atoms. The Balaban J connectivity index is 1.39. The van der Waals surface area contributed by atoms with Crippen LogP contribution in [0.3, 0.4) is 0 Å². The molecule has 0 fully saturated rings. The Morgan fingerprint density at radius 1 is 0.353 bits per heavy atom. The van der Waals surface area contributed by atoms with Gasteiger partial charge < -0.3 is 14.4 Å². The van der Waals surface area contributed by atoms with Crippen molar-refractivity contribution in [2.45, 2.75) is 38.5 Å². The molecule has 246 valence electrons. The minimum absolute atomic E-state index is 0.167. The lowest BCUT2D eigenvalue weighted by Crippen LogP contribution is -2.34. The van der Waals surface area contributed by atoms with Crippen LogP contribution in [0, 0.1) is 0 Å². The molecule has 0 radical (unpaired) electrons. The van der Waals surface area contributed by atoms with Crippen molar-refractivity contribution in [3.05, 3.63) is 186 Å². The van der Waals surface area contributed by atoms with Crippen molar-refractivity contribution in [3.8, 4) is 5.69 Å². The topological polar surface area (TPSA) is 11.4 Å². The first kappa shape index (κ1) is 29.8. The first-order chi connectivity index (χ1) is 24.9. The van der Waals surface area contributed by atoms with Crippen LogP contribution >= 0.6 is 0 Å². The van der Waals surface area contributed by atoms with Crippen LogP contribution in [0.2, 0.25) is 0 Å². The van der Waals surface area contributed by atoms with Crippen molar-refractivity contribution in [3.63, 3.8) is 0 Å². The summed E-state index contributed by atoms with van der Waals surface area (Å²) in [5.41, 5.74) is 15.5. The summed E-state index contributed by atoms with van der Waals surface area (Å²) < 4.78 is 2.48. The van der Waals surface area contributed by atoms with E-state index in [0.29, 0.717) is 0 Å². The van der Waals surface area contributed by atoms with Gasteiger partial charge >= 0.3 is 0 Å². The lowest BCUT2D eigenvalue weighted by Gasteiger charge is -2.47. The standard InChI is InChI=1S/C48H39N3/c1-47(2)37-23-11-16-28-43(37)51(44-29-17-12-24-38(44)47)45-31-33(49-40-25-13-8-20-34(40)35-21-9-14-26-41(35)49)30-39-46(45)50(32-18-6-5-7-19-32)42-27-15-10-22-36(42)48(39,3)4/h5-31H,1-4H3. The highest BCUT2D eigenvalue weighted by Crippen LogP contribution is 2.60. The Labute approximate surface area is 299 Å². The van der Waals surface area contributed by atoms with E-state index in [9.17, 15) is 0 Å². The fraction of sp³-hybridized carbons (Fsp3) is 0.125. The average molecular weight is 658 g/mol. The van der Waals surface area contributed by atoms with Gasteiger partial charge in [-0.1, -0.05) is 137 Å². The van der Waals surface area contributed by atoms with Gasteiger partial charge in [0.05, 0.1) is 39.5 Å². The lowest BCUT2D eigenvalue weighted by molar-refractivity contribution is 0.627. The quantitative estimate of drug-likeness (QED) is 0.187. The lowest BCUT2D eigenvalue weighted by atomic mass is 9.72. The molecule has 0 N–H and O–H groups in total. The van der Waals surface area contributed by atoms with E-state index in [0.717, 1.165) is 17.1 Å². The van der Waals surface area contributed by atoms with Gasteiger partial charge in [0.15, 0.2) is 0 Å². The molecule has 10 rings (SSSR count). The van der Waals surface area contributed by atoms with Crippen LogP contribution in [0.1, 0.15) is 49.9 Å². The van der Waals surface area contributed by atoms with Gasteiger partial charge in [0.1, 0.15) is 0 Å². The number of fused-ring (bicyclic) bond motifs is 7. The number of anilines is 6. The van der Waals surface area contributed by atoms with E-state index in [1.54, 1.807) is 0 Å². The van der Waals surface area contributed by atoms with Crippen LogP contribution < -0.4 is 9.80 Å². The van der Waals surface area contributed by atoms with Gasteiger partial charge in [-0.2, -0.15) is 0 Å². The second-order valence-corrected chi connectivity index (χ2v) is 15.0. The highest BCUT2D eigenvalue weighted by Gasteiger charge is 2.43. The third-order valence-corrected chi connectivity index (χ3v) is 11.5. The molecule has 0 saturated carbocycles. The molecule has 0 unspecified atom stereocenters. The molecule has 3 nitrogen and oxygen atoms in total. The molecule has 0 saturated heterocycles. The minimum atomic E-state index is -0.297. The summed E-state index contributed by atoms with van der Waals surface area (Å²) in [7, 11) is 0. The van der Waals surface area contributed by atoms with Crippen molar-refractivity contribution in [2.24, 2.45) is 0 Å². The average Bonchev–Trinajstić information content (AvgIpc) is 3.50. The van der Waals surface area contributed by atoms with Gasteiger partial charge in [-0.25, -0.2) is 0 Å². The zero-order chi connectivity index (χ0) is 34.5. The first-order valence-electron chi connectivity index (χ1n) is 18.0. The molecule has 3 heteroatoms. The Bertz CT molecular complexity index is 2560. The second-order valence-electron chi connectivity index (χ2n) is 15.0. The summed E-state index contributed by atoms with van der Waals surface area (Å²) in [6.45, 7) is 9.52. The van der Waals surface area contributed by atoms with Gasteiger partial charge in [0.25, 0.3) is 0 Å². The number of nitrogens with zero attached hydrogens (tertiary/aromatic N) is 3. The van der Waals surface area contributed by atoms with E-state index in [1.165, 1.54) is 66.8 Å². The van der Waals surface area contributed by atoms with Crippen LogP contribution in [-0.4, -0.2) is 4.57 Å². The monoisotopic (exact) mass is 657 g/mol. The molecule has 0 atom stereocenters. The number of aromatic nitrogens is 1. The Morgan fingerprint density at radius 3 is 1.33 bits per heavy atom. The Hall–Kier alpha value is -6.06. The van der Waals surface area contributed by atoms with E-state index in [4.69, 9.17) is 0 Å². The van der Waals surface area contributed by atoms with E-state index < -0.39 is 0 Å². The maximum Gasteiger partial charge on any atom is 0.0745 e. The van der Waals surface area contributed by atoms with Crippen molar-refractivity contribution in [2.75, 3.05) is 9.80 Å². The Kier molecular flexibility index (Phi) is 6.27. The number of para-hydroxylation sites is 6. The largest absolute Gasteiger partial charge is 0.309 e. The SMILES string of the molecule is CC1(C)c2ccccc2N(c2cc(-n3c4ccccc4c4ccccc43)cc3c2N(c2ccccc2)c2ccccc2C3(C)C)c2ccccc21. The van der Waals surface area contributed by atoms with E-state index in [2.05, 4.69) is 206 Å². The molecule has 0 aliphatic carbocycles. The molecule has 0 spiro atoms. The van der Waals surface area contributed by atoms with E-state index in [1.807, 2.05) is 0 Å². The maximum absolute atomic E-state index is 2.55. The molecule has 0 bridgehead atoms. The van der Waals surface area contributed by atoms with Gasteiger partial charge in [-0.3, -0.25) is 0 Å². The fourth-order valence-corrected chi connectivity index (χ4v) is 9.05. The first-order valence-corrected chi connectivity index (χ1v) is 18.0. The summed E-state index contributed by atoms with van der Waals surface area (Å²) in [5, 5.41) is 2.52. The van der Waals surface area contributed by atoms with Crippen molar-refractivity contribution < 1.29 is 0 Å². The summed E-state index contributed by atoms with van der Waals surface area (Å²) in [4.78, 5) is 5.05. The molecule has 1 aromatic heterocycles. The summed E-state index contributed by atoms with van der Waals surface area (Å²) >= 11 is 0. The van der Waals surface area contributed by atoms with Gasteiger partial charge in [0, 0.05) is 33.0 Å². The zero-order valence-corrected chi connectivity index (χ0v) is 29.4. The minimum Gasteiger partial charge on any atom is -0.309 e. The summed E-state index contributed by atoms with van der Waals surface area (Å²) in [5.74, 6) is 0. The van der Waals surface area contributed by atoms with Crippen molar-refractivity contribution in [1.82, 2.24) is 4.57 Å². The zero-order valence-electron chi connectivity index (χ0n) is 29.4. The normalized spacial score (nSPS) is 15.3. The third kappa shape index (κ3) is 4.12. The smallest absolute Gasteiger partial charge is 0.0745 e. The summed E-state index contributed by atoms with van der Waals surface area (Å²) in [6.07, 6.45) is 0. The number of rotatable bonds is 3. The Morgan fingerprint density at radius 2 is 0.784 bits per heavy atom. The summed E-state index contributed by atoms with van der Waals surface area (Å²) in [6, 6.07) is 60.4. The van der Waals surface area contributed by atoms with Gasteiger partial charge in [-0.15, -0.1) is 0 Å². The molecular formula is C48H39N3. The van der Waals surface area contributed by atoms with Crippen LogP contribution in [0.25, 0.3) is 27.5 Å². The molecule has 3 heterocycles. The van der Waals surface area contributed by atoms with Crippen LogP contribution in [0.15, 0.2) is 164 Å². The maximum atomic E-state index is 2.55. The molecule has 7 aromatic carbocycles. The van der Waals surface area contributed by atoms with Crippen molar-refractivity contribution in [1.29, 1.82) is 0 Å². The van der Waals surface area contributed by atoms with Crippen molar-refractivity contribution >= 4 is 55.9 Å². The van der Waals surface area contributed by atoms with E-state index >= 15 is 0 Å².